The summed E-state index contributed by atoms with van der Waals surface area (Å²) >= 11 is 0. The van der Waals surface area contributed by atoms with E-state index in [2.05, 4.69) is 140 Å². The zero-order chi connectivity index (χ0) is 77.0. The number of phenols is 3. The minimum atomic E-state index is -0.790. The number of aromatic hydroxyl groups is 3. The fourth-order valence-electron chi connectivity index (χ4n) is 9.22. The molecule has 0 saturated carbocycles. The lowest BCUT2D eigenvalue weighted by Crippen LogP contribution is -2.25. The molecule has 0 aliphatic rings. The highest BCUT2D eigenvalue weighted by Crippen LogP contribution is 2.34. The molecular weight excluding hydrogens is 1360 g/mol. The van der Waals surface area contributed by atoms with Crippen LogP contribution >= 0.6 is 0 Å². The van der Waals surface area contributed by atoms with Crippen molar-refractivity contribution in [3.05, 3.63) is 268 Å². The molecule has 13 nitrogen and oxygen atoms in total. The highest BCUT2D eigenvalue weighted by atomic mass is 16.5. The molecule has 0 fully saturated rings. The number of methoxy groups -OCH3 is 1. The summed E-state index contributed by atoms with van der Waals surface area (Å²) in [5, 5.41) is 59.4. The van der Waals surface area contributed by atoms with E-state index >= 15 is 0 Å². The number of hydrogen-bond acceptors (Lipinski definition) is 13. The zero-order valence-electron chi connectivity index (χ0n) is 65.6. The second-order valence-electron chi connectivity index (χ2n) is 29.6. The van der Waals surface area contributed by atoms with Gasteiger partial charge in [0.2, 0.25) is 0 Å². The molecule has 0 spiro atoms. The second-order valence-corrected chi connectivity index (χ2v) is 29.6. The van der Waals surface area contributed by atoms with Crippen molar-refractivity contribution >= 4 is 0 Å². The monoisotopic (exact) mass is 1510 g/mol. The van der Waals surface area contributed by atoms with Crippen LogP contribution in [0.1, 0.15) is 229 Å². The third-order valence-corrected chi connectivity index (χ3v) is 14.6. The van der Waals surface area contributed by atoms with Crippen molar-refractivity contribution in [3.63, 3.8) is 0 Å². The van der Waals surface area contributed by atoms with Gasteiger partial charge in [0.25, 0.3) is 0 Å². The third kappa shape index (κ3) is 48.2. The summed E-state index contributed by atoms with van der Waals surface area (Å²) in [7, 11) is 3.25. The molecule has 6 N–H and O–H groups in total. The first-order valence-electron chi connectivity index (χ1n) is 36.5. The van der Waals surface area contributed by atoms with Gasteiger partial charge >= 0.3 is 0 Å². The van der Waals surface area contributed by atoms with Crippen LogP contribution in [0.5, 0.6) is 51.7 Å². The van der Waals surface area contributed by atoms with Crippen LogP contribution in [-0.4, -0.2) is 103 Å². The van der Waals surface area contributed by atoms with E-state index in [-0.39, 0.29) is 106 Å². The molecule has 5 atom stereocenters. The molecule has 0 saturated heterocycles. The van der Waals surface area contributed by atoms with Gasteiger partial charge in [0.1, 0.15) is 110 Å². The minimum Gasteiger partial charge on any atom is -0.508 e. The van der Waals surface area contributed by atoms with E-state index in [0.717, 1.165) is 58.4 Å². The summed E-state index contributed by atoms with van der Waals surface area (Å²) in [6.45, 7) is 35.5. The van der Waals surface area contributed by atoms with Crippen LogP contribution in [0.2, 0.25) is 0 Å². The van der Waals surface area contributed by atoms with Crippen molar-refractivity contribution in [1.29, 1.82) is 0 Å². The minimum absolute atomic E-state index is 0. The maximum Gasteiger partial charge on any atom is 0.122 e. The van der Waals surface area contributed by atoms with E-state index in [4.69, 9.17) is 28.4 Å². The lowest BCUT2D eigenvalue weighted by Gasteiger charge is -2.22. The van der Waals surface area contributed by atoms with E-state index in [1.54, 1.807) is 50.6 Å². The van der Waals surface area contributed by atoms with Gasteiger partial charge in [-0.1, -0.05) is 270 Å². The van der Waals surface area contributed by atoms with Gasteiger partial charge in [-0.25, -0.2) is 0 Å². The van der Waals surface area contributed by atoms with Gasteiger partial charge in [-0.2, -0.15) is 0 Å². The fourth-order valence-corrected chi connectivity index (χ4v) is 9.22. The predicted molar refractivity (Wildman–Crippen MR) is 462 cm³/mol. The Morgan fingerprint density at radius 1 is 0.266 bits per heavy atom. The van der Waals surface area contributed by atoms with Gasteiger partial charge in [0.15, 0.2) is 0 Å². The van der Waals surface area contributed by atoms with Crippen molar-refractivity contribution in [3.8, 4) is 51.7 Å². The maximum absolute atomic E-state index is 10.5. The van der Waals surface area contributed by atoms with Crippen LogP contribution in [0, 0.1) is 10.8 Å². The largest absolute Gasteiger partial charge is 0.508 e. The Morgan fingerprint density at radius 2 is 0.404 bits per heavy atom. The molecule has 5 unspecified atom stereocenters. The molecule has 9 aromatic rings. The van der Waals surface area contributed by atoms with E-state index < -0.39 is 18.3 Å². The molecule has 13 heteroatoms. The number of aliphatic hydroxyl groups is 3. The van der Waals surface area contributed by atoms with Gasteiger partial charge in [0, 0.05) is 14.2 Å². The Kier molecular flexibility index (Phi) is 54.6. The highest BCUT2D eigenvalue weighted by molar-refractivity contribution is 5.39. The molecule has 109 heavy (non-hydrogen) atoms. The van der Waals surface area contributed by atoms with Gasteiger partial charge in [-0.15, -0.1) is 0 Å². The SMILES string of the molecule is C.C.C.C.C.CC(C)(C)C.CC(C)(C)C.CC(C)c1ccc(OCC(O)COc2ccc(Cc3ccc(O)cc3)cc2)cc1.CC(c1ccc(OCC(O)COc2ccc(Cc3ccc(O)cc3)cc2)cc1)C(C)c1ccc(OCC(O)COc2ccc(Cc3ccc(O)cc3)cc2)cc1.CCC.CCC.COC. The van der Waals surface area contributed by atoms with Crippen LogP contribution < -0.4 is 28.4 Å². The lowest BCUT2D eigenvalue weighted by molar-refractivity contribution is 0.0626. The normalized spacial score (nSPS) is 11.6. The summed E-state index contributed by atoms with van der Waals surface area (Å²) in [4.78, 5) is 0. The fraction of sp³-hybridized carbons (Fsp3) is 0.438. The average Bonchev–Trinajstić information content (AvgIpc) is 0.840. The summed E-state index contributed by atoms with van der Waals surface area (Å²) < 4.78 is 38.8. The standard InChI is InChI=1S/C48H50O8.C25H28O4.2C5H12.2C3H8.C2H6O.5CH4/c1-33(39-11-23-47(24-12-39)55-31-43(51)29-53-45-19-7-37(8-20-45)27-35-3-15-41(49)16-4-35)34(2)40-13-25-48(26-14-40)56-32-44(52)30-54-46-21-9-38(10-22-46)28-36-5-17-42(50)18-6-36;1-18(2)21-7-13-25(14-8-21)29-17-23(27)16-28-24-11-5-20(6-12-24)15-19-3-9-22(26)10-4-19;2*1-5(2,3)4;3*1-3-2;;;;;/h3-26,33-34,43-44,49-52H,27-32H2,1-2H3;3-14,18,23,26-27H,15-17H2,1-2H3;2*1-4H3;2*3H2,1-2H3;1-2H3;5*1H4. The Balaban J connectivity index is -0.00000177. The van der Waals surface area contributed by atoms with Crippen molar-refractivity contribution in [2.45, 2.75) is 216 Å². The van der Waals surface area contributed by atoms with E-state index in [9.17, 15) is 30.6 Å². The average molecular weight is 1510 g/mol. The highest BCUT2D eigenvalue weighted by Gasteiger charge is 2.18. The van der Waals surface area contributed by atoms with Gasteiger partial charge in [-0.05, 0) is 207 Å². The Bertz CT molecular complexity index is 3420. The van der Waals surface area contributed by atoms with Gasteiger partial charge in [0.05, 0.1) is 0 Å². The summed E-state index contributed by atoms with van der Waals surface area (Å²) in [5.74, 6) is 5.91. The van der Waals surface area contributed by atoms with Crippen molar-refractivity contribution in [1.82, 2.24) is 0 Å². The number of hydrogen-bond donors (Lipinski definition) is 6. The quantitative estimate of drug-likeness (QED) is 0.0272. The molecule has 0 bridgehead atoms. The Labute approximate surface area is 661 Å². The number of aliphatic hydroxyl groups excluding tert-OH is 3. The maximum atomic E-state index is 10.5. The molecule has 0 aliphatic carbocycles. The zero-order valence-corrected chi connectivity index (χ0v) is 65.6. The van der Waals surface area contributed by atoms with E-state index in [1.165, 1.54) is 29.5 Å². The van der Waals surface area contributed by atoms with Crippen LogP contribution in [0.25, 0.3) is 0 Å². The topological polar surface area (TPSA) is 186 Å². The first-order valence-corrected chi connectivity index (χ1v) is 36.5. The number of ether oxygens (including phenoxy) is 7. The number of benzene rings is 9. The van der Waals surface area contributed by atoms with Crippen molar-refractivity contribution in [2.75, 3.05) is 53.9 Å². The first kappa shape index (κ1) is 104. The number of phenolic OH excluding ortho intramolecular Hbond substituents is 3. The predicted octanol–water partition coefficient (Wildman–Crippen LogP) is 24.1. The Hall–Kier alpha value is -8.98. The summed E-state index contributed by atoms with van der Waals surface area (Å²) in [5.41, 5.74) is 11.4. The molecule has 0 amide bonds. The van der Waals surface area contributed by atoms with E-state index in [0.29, 0.717) is 45.5 Å². The van der Waals surface area contributed by atoms with Crippen molar-refractivity contribution in [2.24, 2.45) is 10.8 Å². The molecular formula is C96H144O13. The van der Waals surface area contributed by atoms with Gasteiger partial charge in [-0.3, -0.25) is 0 Å². The van der Waals surface area contributed by atoms with Crippen LogP contribution in [0.4, 0.5) is 0 Å². The Morgan fingerprint density at radius 3 is 0.560 bits per heavy atom. The molecule has 606 valence electrons. The molecule has 0 aromatic heterocycles. The van der Waals surface area contributed by atoms with Crippen LogP contribution in [0.15, 0.2) is 218 Å². The molecule has 0 heterocycles. The van der Waals surface area contributed by atoms with Gasteiger partial charge < -0.3 is 63.8 Å². The molecule has 0 radical (unpaired) electrons. The smallest absolute Gasteiger partial charge is 0.122 e. The van der Waals surface area contributed by atoms with Crippen LogP contribution in [0.3, 0.4) is 0 Å². The van der Waals surface area contributed by atoms with E-state index in [1.807, 2.05) is 158 Å². The summed E-state index contributed by atoms with van der Waals surface area (Å²) in [6, 6.07) is 68.8. The first-order chi connectivity index (χ1) is 49.4. The molecule has 9 rings (SSSR count). The third-order valence-electron chi connectivity index (χ3n) is 14.6. The van der Waals surface area contributed by atoms with Crippen molar-refractivity contribution < 1.29 is 63.8 Å². The molecule has 9 aromatic carbocycles. The lowest BCUT2D eigenvalue weighted by atomic mass is 9.84. The summed E-state index contributed by atoms with van der Waals surface area (Å²) in [6.07, 6.45) is 2.50. The number of rotatable bonds is 28. The second kappa shape index (κ2) is 57.2. The van der Waals surface area contributed by atoms with Crippen LogP contribution in [-0.2, 0) is 24.0 Å². The molecule has 0 aliphatic heterocycles.